The molecule has 0 bridgehead atoms. The van der Waals surface area contributed by atoms with Crippen LogP contribution in [0, 0.1) is 0 Å². The molecule has 0 radical (unpaired) electrons. The van der Waals surface area contributed by atoms with Crippen molar-refractivity contribution in [2.75, 3.05) is 12.3 Å². The Morgan fingerprint density at radius 1 is 1.63 bits per heavy atom. The van der Waals surface area contributed by atoms with E-state index in [2.05, 4.69) is 15.5 Å². The van der Waals surface area contributed by atoms with Gasteiger partial charge < -0.3 is 11.1 Å². The number of H-pyrrole nitrogens is 1. The van der Waals surface area contributed by atoms with Gasteiger partial charge in [0.15, 0.2) is 5.16 Å². The Kier molecular flexibility index (Phi) is 5.19. The standard InChI is InChI=1S/C11H21N5O2S/c1-5-13-11(4,8(12)17)6-19-10-15-14-9(18)16(10)7(2)3/h7,13H,5-6H2,1-4H3,(H2,12,17)(H,14,18). The Balaban J connectivity index is 2.86. The molecule has 1 aromatic rings. The lowest BCUT2D eigenvalue weighted by Gasteiger charge is -2.26. The van der Waals surface area contributed by atoms with Crippen molar-refractivity contribution in [2.24, 2.45) is 5.73 Å². The molecule has 0 saturated carbocycles. The highest BCUT2D eigenvalue weighted by Gasteiger charge is 2.31. The summed E-state index contributed by atoms with van der Waals surface area (Å²) < 4.78 is 1.55. The topological polar surface area (TPSA) is 106 Å². The van der Waals surface area contributed by atoms with Gasteiger partial charge in [0, 0.05) is 11.8 Å². The number of nitrogens with two attached hydrogens (primary N) is 1. The van der Waals surface area contributed by atoms with E-state index in [-0.39, 0.29) is 11.7 Å². The molecule has 0 fully saturated rings. The number of hydrogen-bond acceptors (Lipinski definition) is 5. The van der Waals surface area contributed by atoms with E-state index in [1.54, 1.807) is 11.5 Å². The van der Waals surface area contributed by atoms with E-state index in [1.165, 1.54) is 11.8 Å². The first kappa shape index (κ1) is 15.8. The monoisotopic (exact) mass is 287 g/mol. The fourth-order valence-corrected chi connectivity index (χ4v) is 2.86. The fraction of sp³-hybridized carbons (Fsp3) is 0.727. The van der Waals surface area contributed by atoms with Gasteiger partial charge in [-0.15, -0.1) is 5.10 Å². The molecule has 108 valence electrons. The largest absolute Gasteiger partial charge is 0.368 e. The molecule has 7 nitrogen and oxygen atoms in total. The van der Waals surface area contributed by atoms with Gasteiger partial charge >= 0.3 is 5.69 Å². The Morgan fingerprint density at radius 2 is 2.26 bits per heavy atom. The first-order chi connectivity index (χ1) is 8.81. The van der Waals surface area contributed by atoms with Gasteiger partial charge in [-0.3, -0.25) is 9.36 Å². The number of carbonyl (C=O) groups is 1. The molecule has 0 aliphatic carbocycles. The van der Waals surface area contributed by atoms with E-state index in [0.29, 0.717) is 17.5 Å². The highest BCUT2D eigenvalue weighted by Crippen LogP contribution is 2.21. The summed E-state index contributed by atoms with van der Waals surface area (Å²) in [5.41, 5.74) is 4.34. The number of aromatic amines is 1. The Labute approximate surface area is 116 Å². The number of nitrogens with zero attached hydrogens (tertiary/aromatic N) is 2. The molecule has 8 heteroatoms. The molecule has 0 aromatic carbocycles. The van der Waals surface area contributed by atoms with E-state index in [9.17, 15) is 9.59 Å². The SMILES string of the molecule is CCNC(C)(CSc1n[nH]c(=O)n1C(C)C)C(N)=O. The lowest BCUT2D eigenvalue weighted by atomic mass is 10.1. The summed E-state index contributed by atoms with van der Waals surface area (Å²) in [4.78, 5) is 23.1. The molecule has 1 unspecified atom stereocenters. The van der Waals surface area contributed by atoms with E-state index < -0.39 is 11.4 Å². The van der Waals surface area contributed by atoms with Crippen molar-refractivity contribution >= 4 is 17.7 Å². The van der Waals surface area contributed by atoms with Gasteiger partial charge in [-0.2, -0.15) is 0 Å². The molecule has 1 amide bonds. The van der Waals surface area contributed by atoms with Gasteiger partial charge in [0.1, 0.15) is 5.54 Å². The van der Waals surface area contributed by atoms with Crippen LogP contribution in [0.4, 0.5) is 0 Å². The summed E-state index contributed by atoms with van der Waals surface area (Å²) in [6.45, 7) is 8.09. The van der Waals surface area contributed by atoms with Crippen LogP contribution in [0.25, 0.3) is 0 Å². The molecule has 0 spiro atoms. The highest BCUT2D eigenvalue weighted by molar-refractivity contribution is 7.99. The van der Waals surface area contributed by atoms with Crippen molar-refractivity contribution in [3.63, 3.8) is 0 Å². The van der Waals surface area contributed by atoms with Crippen molar-refractivity contribution in [3.05, 3.63) is 10.5 Å². The van der Waals surface area contributed by atoms with Crippen LogP contribution in [-0.2, 0) is 4.79 Å². The van der Waals surface area contributed by atoms with Crippen LogP contribution in [0.15, 0.2) is 9.95 Å². The zero-order valence-electron chi connectivity index (χ0n) is 11.7. The lowest BCUT2D eigenvalue weighted by molar-refractivity contribution is -0.122. The predicted molar refractivity (Wildman–Crippen MR) is 75.2 cm³/mol. The summed E-state index contributed by atoms with van der Waals surface area (Å²) >= 11 is 1.33. The molecule has 1 rings (SSSR count). The van der Waals surface area contributed by atoms with E-state index in [4.69, 9.17) is 5.73 Å². The van der Waals surface area contributed by atoms with Crippen LogP contribution in [0.5, 0.6) is 0 Å². The second-order valence-corrected chi connectivity index (χ2v) is 5.73. The summed E-state index contributed by atoms with van der Waals surface area (Å²) in [5.74, 6) is -0.0106. The lowest BCUT2D eigenvalue weighted by Crippen LogP contribution is -2.55. The Bertz CT molecular complexity index is 496. The van der Waals surface area contributed by atoms with Crippen molar-refractivity contribution in [1.29, 1.82) is 0 Å². The summed E-state index contributed by atoms with van der Waals surface area (Å²) in [6, 6.07) is 0.00715. The number of rotatable bonds is 7. The van der Waals surface area contributed by atoms with Crippen LogP contribution < -0.4 is 16.7 Å². The molecule has 0 aliphatic heterocycles. The number of amides is 1. The third-order valence-corrected chi connectivity index (χ3v) is 4.06. The minimum atomic E-state index is -0.823. The molecule has 0 aliphatic rings. The van der Waals surface area contributed by atoms with Gasteiger partial charge in [0.2, 0.25) is 5.91 Å². The first-order valence-corrected chi connectivity index (χ1v) is 7.15. The molecular formula is C11H21N5O2S. The predicted octanol–water partition coefficient (Wildman–Crippen LogP) is 0.0979. The first-order valence-electron chi connectivity index (χ1n) is 6.16. The number of thioether (sulfide) groups is 1. The van der Waals surface area contributed by atoms with Crippen molar-refractivity contribution in [2.45, 2.75) is 44.4 Å². The molecule has 4 N–H and O–H groups in total. The number of primary amides is 1. The zero-order chi connectivity index (χ0) is 14.6. The minimum absolute atomic E-state index is 0.00715. The second-order valence-electron chi connectivity index (χ2n) is 4.79. The van der Waals surface area contributed by atoms with Crippen molar-refractivity contribution in [1.82, 2.24) is 20.1 Å². The Morgan fingerprint density at radius 3 is 2.74 bits per heavy atom. The van der Waals surface area contributed by atoms with Gasteiger partial charge in [-0.1, -0.05) is 18.7 Å². The van der Waals surface area contributed by atoms with Crippen molar-refractivity contribution < 1.29 is 4.79 Å². The summed E-state index contributed by atoms with van der Waals surface area (Å²) in [5, 5.41) is 10.0. The summed E-state index contributed by atoms with van der Waals surface area (Å²) in [6.07, 6.45) is 0. The van der Waals surface area contributed by atoms with Crippen LogP contribution >= 0.6 is 11.8 Å². The quantitative estimate of drug-likeness (QED) is 0.617. The van der Waals surface area contributed by atoms with E-state index in [1.807, 2.05) is 20.8 Å². The zero-order valence-corrected chi connectivity index (χ0v) is 12.5. The smallest absolute Gasteiger partial charge is 0.344 e. The van der Waals surface area contributed by atoms with Gasteiger partial charge in [0.05, 0.1) is 0 Å². The maximum Gasteiger partial charge on any atom is 0.344 e. The van der Waals surface area contributed by atoms with E-state index >= 15 is 0 Å². The normalized spacial score (nSPS) is 14.6. The van der Waals surface area contributed by atoms with Crippen LogP contribution in [-0.4, -0.2) is 38.5 Å². The molecule has 1 atom stereocenters. The fourth-order valence-electron chi connectivity index (χ4n) is 1.66. The maximum absolute atomic E-state index is 11.6. The van der Waals surface area contributed by atoms with Crippen LogP contribution in [0.1, 0.15) is 33.7 Å². The van der Waals surface area contributed by atoms with E-state index in [0.717, 1.165) is 0 Å². The third-order valence-electron chi connectivity index (χ3n) is 2.79. The van der Waals surface area contributed by atoms with Crippen LogP contribution in [0.3, 0.4) is 0 Å². The van der Waals surface area contributed by atoms with Crippen molar-refractivity contribution in [3.8, 4) is 0 Å². The molecule has 1 heterocycles. The van der Waals surface area contributed by atoms with Gasteiger partial charge in [-0.05, 0) is 27.3 Å². The molecular weight excluding hydrogens is 266 g/mol. The number of nitrogens with one attached hydrogen (secondary N) is 2. The molecule has 1 aromatic heterocycles. The Hall–Kier alpha value is -1.28. The number of likely N-dealkylation sites (N-methyl/N-ethyl adjacent to an activating group) is 1. The highest BCUT2D eigenvalue weighted by atomic mass is 32.2. The third kappa shape index (κ3) is 3.60. The van der Waals surface area contributed by atoms with Gasteiger partial charge in [0.25, 0.3) is 0 Å². The average Bonchev–Trinajstić information content (AvgIpc) is 2.68. The van der Waals surface area contributed by atoms with Crippen LogP contribution in [0.2, 0.25) is 0 Å². The summed E-state index contributed by atoms with van der Waals surface area (Å²) in [7, 11) is 0. The number of carbonyl (C=O) groups excluding carboxylic acids is 1. The maximum atomic E-state index is 11.6. The number of hydrogen-bond donors (Lipinski definition) is 3. The second kappa shape index (κ2) is 6.25. The minimum Gasteiger partial charge on any atom is -0.368 e. The number of aromatic nitrogens is 3. The average molecular weight is 287 g/mol. The van der Waals surface area contributed by atoms with Gasteiger partial charge in [-0.25, -0.2) is 9.89 Å². The molecule has 19 heavy (non-hydrogen) atoms. The molecule has 0 saturated heterocycles.